The van der Waals surface area contributed by atoms with Gasteiger partial charge in [-0.05, 0) is 18.2 Å². The molecule has 2 aromatic carbocycles. The van der Waals surface area contributed by atoms with E-state index >= 15 is 0 Å². The Kier molecular flexibility index (Phi) is 4.74. The minimum absolute atomic E-state index is 0.0189. The van der Waals surface area contributed by atoms with Gasteiger partial charge in [-0.15, -0.1) is 5.11 Å². The van der Waals surface area contributed by atoms with Gasteiger partial charge in [-0.25, -0.2) is 4.99 Å². The fourth-order valence-electron chi connectivity index (χ4n) is 2.53. The lowest BCUT2D eigenvalue weighted by Crippen LogP contribution is -2.07. The summed E-state index contributed by atoms with van der Waals surface area (Å²) in [5.41, 5.74) is 2.20. The van der Waals surface area contributed by atoms with Gasteiger partial charge >= 0.3 is 0 Å². The number of hydrogen-bond acceptors (Lipinski definition) is 5. The first-order valence-electron chi connectivity index (χ1n) is 7.91. The molecular weight excluding hydrogens is 332 g/mol. The highest BCUT2D eigenvalue weighted by atomic mass is 16.6. The normalized spacial score (nSPS) is 11.7. The Bertz CT molecular complexity index is 1000. The highest BCUT2D eigenvalue weighted by molar-refractivity contribution is 5.98. The molecule has 26 heavy (non-hydrogen) atoms. The van der Waals surface area contributed by atoms with Crippen molar-refractivity contribution in [2.45, 2.75) is 0 Å². The van der Waals surface area contributed by atoms with Crippen molar-refractivity contribution in [2.24, 2.45) is 22.3 Å². The van der Waals surface area contributed by atoms with Crippen molar-refractivity contribution in [2.75, 3.05) is 14.1 Å². The van der Waals surface area contributed by atoms with Crippen molar-refractivity contribution in [3.05, 3.63) is 58.6 Å². The largest absolute Gasteiger partial charge is 0.369 e. The van der Waals surface area contributed by atoms with Crippen LogP contribution in [0.5, 0.6) is 0 Å². The van der Waals surface area contributed by atoms with Crippen molar-refractivity contribution in [3.63, 3.8) is 0 Å². The van der Waals surface area contributed by atoms with Gasteiger partial charge in [0.1, 0.15) is 5.69 Å². The molecule has 0 aliphatic rings. The smallest absolute Gasteiger partial charge is 0.269 e. The Morgan fingerprint density at radius 3 is 2.42 bits per heavy atom. The summed E-state index contributed by atoms with van der Waals surface area (Å²) in [6, 6.07) is 13.8. The lowest BCUT2D eigenvalue weighted by Gasteiger charge is -2.03. The number of aliphatic imine (C=N–C) groups is 1. The molecule has 0 saturated heterocycles. The summed E-state index contributed by atoms with van der Waals surface area (Å²) in [5.74, 6) is 0.686. The van der Waals surface area contributed by atoms with Gasteiger partial charge in [-0.3, -0.25) is 10.1 Å². The molecule has 1 aromatic heterocycles. The average molecular weight is 350 g/mol. The van der Waals surface area contributed by atoms with Crippen LogP contribution in [0.25, 0.3) is 10.9 Å². The van der Waals surface area contributed by atoms with Crippen LogP contribution >= 0.6 is 0 Å². The number of para-hydroxylation sites is 1. The van der Waals surface area contributed by atoms with Crippen LogP contribution in [0.1, 0.15) is 0 Å². The molecule has 0 atom stereocenters. The molecule has 1 heterocycles. The van der Waals surface area contributed by atoms with E-state index in [-0.39, 0.29) is 5.69 Å². The topological polar surface area (TPSA) is 88.4 Å². The Labute approximate surface area is 150 Å². The third kappa shape index (κ3) is 3.44. The third-order valence-electron chi connectivity index (χ3n) is 3.79. The number of nitro groups is 1. The molecule has 8 heteroatoms. The minimum Gasteiger partial charge on any atom is -0.369 e. The summed E-state index contributed by atoms with van der Waals surface area (Å²) in [7, 11) is 5.71. The van der Waals surface area contributed by atoms with E-state index in [4.69, 9.17) is 0 Å². The number of aromatic nitrogens is 1. The fourth-order valence-corrected chi connectivity index (χ4v) is 2.53. The molecule has 0 radical (unpaired) electrons. The molecule has 3 rings (SSSR count). The van der Waals surface area contributed by atoms with Gasteiger partial charge in [-0.2, -0.15) is 5.11 Å². The molecule has 0 saturated carbocycles. The van der Waals surface area contributed by atoms with E-state index in [9.17, 15) is 10.1 Å². The highest BCUT2D eigenvalue weighted by Crippen LogP contribution is 2.39. The van der Waals surface area contributed by atoms with E-state index in [2.05, 4.69) is 15.2 Å². The molecule has 132 valence electrons. The lowest BCUT2D eigenvalue weighted by atomic mass is 10.2. The zero-order valence-electron chi connectivity index (χ0n) is 14.7. The van der Waals surface area contributed by atoms with E-state index < -0.39 is 4.92 Å². The molecule has 0 spiro atoms. The van der Waals surface area contributed by atoms with Gasteiger partial charge in [0.25, 0.3) is 5.69 Å². The SMILES string of the molecule is CN(C)/C=N/c1c(N=Nc2ccc([N+](=O)[O-])cc2)c2ccccc2n1C. The third-order valence-corrected chi connectivity index (χ3v) is 3.79. The Hall–Kier alpha value is -3.55. The first kappa shape index (κ1) is 17.3. The van der Waals surface area contributed by atoms with Crippen LogP contribution in [0, 0.1) is 10.1 Å². The van der Waals surface area contributed by atoms with Crippen LogP contribution in [0.4, 0.5) is 22.9 Å². The Balaban J connectivity index is 2.05. The van der Waals surface area contributed by atoms with E-state index in [1.165, 1.54) is 12.1 Å². The maximum Gasteiger partial charge on any atom is 0.269 e. The highest BCUT2D eigenvalue weighted by Gasteiger charge is 2.14. The van der Waals surface area contributed by atoms with Crippen LogP contribution < -0.4 is 0 Å². The predicted molar refractivity (Wildman–Crippen MR) is 102 cm³/mol. The van der Waals surface area contributed by atoms with Crippen molar-refractivity contribution < 1.29 is 4.92 Å². The van der Waals surface area contributed by atoms with Crippen molar-refractivity contribution in [1.29, 1.82) is 0 Å². The maximum atomic E-state index is 10.7. The minimum atomic E-state index is -0.445. The van der Waals surface area contributed by atoms with E-state index in [1.54, 1.807) is 18.5 Å². The van der Waals surface area contributed by atoms with Crippen LogP contribution in [-0.4, -0.2) is 34.8 Å². The number of nitrogens with zero attached hydrogens (tertiary/aromatic N) is 6. The zero-order chi connectivity index (χ0) is 18.7. The molecule has 0 N–H and O–H groups in total. The number of non-ortho nitro benzene ring substituents is 1. The van der Waals surface area contributed by atoms with Gasteiger partial charge in [0.15, 0.2) is 5.82 Å². The molecule has 0 aliphatic heterocycles. The number of rotatable bonds is 5. The molecule has 0 fully saturated rings. The van der Waals surface area contributed by atoms with Gasteiger partial charge in [0.05, 0.1) is 22.5 Å². The number of fused-ring (bicyclic) bond motifs is 1. The summed E-state index contributed by atoms with van der Waals surface area (Å²) in [4.78, 5) is 16.7. The molecular formula is C18H18N6O2. The molecule has 0 amide bonds. The van der Waals surface area contributed by atoms with E-state index in [0.29, 0.717) is 17.2 Å². The van der Waals surface area contributed by atoms with E-state index in [1.807, 2.05) is 54.9 Å². The van der Waals surface area contributed by atoms with Crippen LogP contribution in [0.2, 0.25) is 0 Å². The van der Waals surface area contributed by atoms with Gasteiger partial charge < -0.3 is 9.47 Å². The van der Waals surface area contributed by atoms with Gasteiger partial charge in [0, 0.05) is 38.7 Å². The maximum absolute atomic E-state index is 10.7. The van der Waals surface area contributed by atoms with Crippen molar-refractivity contribution >= 4 is 40.1 Å². The average Bonchev–Trinajstić information content (AvgIpc) is 2.90. The Morgan fingerprint density at radius 2 is 1.77 bits per heavy atom. The second-order valence-corrected chi connectivity index (χ2v) is 5.93. The van der Waals surface area contributed by atoms with Crippen molar-refractivity contribution in [1.82, 2.24) is 9.47 Å². The quantitative estimate of drug-likeness (QED) is 0.219. The summed E-state index contributed by atoms with van der Waals surface area (Å²) < 4.78 is 1.96. The van der Waals surface area contributed by atoms with Crippen molar-refractivity contribution in [3.8, 4) is 0 Å². The number of benzene rings is 2. The number of hydrogen-bond donors (Lipinski definition) is 0. The van der Waals surface area contributed by atoms with Crippen LogP contribution in [0.3, 0.4) is 0 Å². The lowest BCUT2D eigenvalue weighted by molar-refractivity contribution is -0.384. The second kappa shape index (κ2) is 7.14. The summed E-state index contributed by atoms with van der Waals surface area (Å²) >= 11 is 0. The Morgan fingerprint density at radius 1 is 1.08 bits per heavy atom. The van der Waals surface area contributed by atoms with Crippen LogP contribution in [0.15, 0.2) is 63.8 Å². The van der Waals surface area contributed by atoms with Gasteiger partial charge in [-0.1, -0.05) is 18.2 Å². The fraction of sp³-hybridized carbons (Fsp3) is 0.167. The summed E-state index contributed by atoms with van der Waals surface area (Å²) in [5, 5.41) is 20.3. The second-order valence-electron chi connectivity index (χ2n) is 5.93. The van der Waals surface area contributed by atoms with E-state index in [0.717, 1.165) is 10.9 Å². The molecule has 8 nitrogen and oxygen atoms in total. The predicted octanol–water partition coefficient (Wildman–Crippen LogP) is 4.72. The molecule has 0 unspecified atom stereocenters. The number of aryl methyl sites for hydroxylation is 1. The monoisotopic (exact) mass is 350 g/mol. The summed E-state index contributed by atoms with van der Waals surface area (Å²) in [6.07, 6.45) is 1.71. The number of nitro benzene ring substituents is 1. The first-order chi connectivity index (χ1) is 12.5. The van der Waals surface area contributed by atoms with Gasteiger partial charge in [0.2, 0.25) is 0 Å². The first-order valence-corrected chi connectivity index (χ1v) is 7.91. The zero-order valence-corrected chi connectivity index (χ0v) is 14.7. The molecule has 3 aromatic rings. The standard InChI is InChI=1S/C18H18N6O2/c1-22(2)12-19-18-17(15-6-4-5-7-16(15)23(18)3)21-20-13-8-10-14(11-9-13)24(25)26/h4-12H,1-3H3/b19-12+,21-20?. The van der Waals surface area contributed by atoms with Crippen LogP contribution in [-0.2, 0) is 7.05 Å². The molecule has 0 bridgehead atoms. The molecule has 0 aliphatic carbocycles. The summed E-state index contributed by atoms with van der Waals surface area (Å²) in [6.45, 7) is 0. The number of azo groups is 1.